The Morgan fingerprint density at radius 1 is 1.19 bits per heavy atom. The third kappa shape index (κ3) is 2.40. The summed E-state index contributed by atoms with van der Waals surface area (Å²) in [6.07, 6.45) is 2.68. The predicted molar refractivity (Wildman–Crippen MR) is 70.9 cm³/mol. The van der Waals surface area contributed by atoms with E-state index in [1.165, 1.54) is 29.7 Å². The zero-order valence-corrected chi connectivity index (χ0v) is 10.9. The molecule has 1 nitrogen and oxygen atoms in total. The van der Waals surface area contributed by atoms with E-state index in [9.17, 15) is 0 Å². The van der Waals surface area contributed by atoms with Crippen LogP contribution in [0.1, 0.15) is 37.8 Å². The van der Waals surface area contributed by atoms with Crippen LogP contribution in [-0.2, 0) is 0 Å². The third-order valence-corrected chi connectivity index (χ3v) is 3.86. The SMILES string of the molecule is Cc1ccc(NC2CC(C(C)C)C2)c(C)c1. The van der Waals surface area contributed by atoms with E-state index < -0.39 is 0 Å². The van der Waals surface area contributed by atoms with Crippen LogP contribution in [0.25, 0.3) is 0 Å². The molecule has 88 valence electrons. The van der Waals surface area contributed by atoms with E-state index in [2.05, 4.69) is 51.2 Å². The van der Waals surface area contributed by atoms with E-state index in [-0.39, 0.29) is 0 Å². The van der Waals surface area contributed by atoms with Crippen LogP contribution in [0.3, 0.4) is 0 Å². The fourth-order valence-corrected chi connectivity index (χ4v) is 2.52. The number of hydrogen-bond acceptors (Lipinski definition) is 1. The summed E-state index contributed by atoms with van der Waals surface area (Å²) in [4.78, 5) is 0. The molecule has 1 aromatic rings. The Hall–Kier alpha value is -0.980. The molecule has 2 rings (SSSR count). The zero-order valence-electron chi connectivity index (χ0n) is 10.9. The number of rotatable bonds is 3. The van der Waals surface area contributed by atoms with Gasteiger partial charge in [0.05, 0.1) is 0 Å². The first-order valence-electron chi connectivity index (χ1n) is 6.40. The van der Waals surface area contributed by atoms with Crippen LogP contribution in [-0.4, -0.2) is 6.04 Å². The van der Waals surface area contributed by atoms with Crippen LogP contribution < -0.4 is 5.32 Å². The predicted octanol–water partition coefficient (Wildman–Crippen LogP) is 4.15. The second-order valence-electron chi connectivity index (χ2n) is 5.64. The molecule has 1 N–H and O–H groups in total. The second kappa shape index (κ2) is 4.48. The summed E-state index contributed by atoms with van der Waals surface area (Å²) in [5.74, 6) is 1.78. The van der Waals surface area contributed by atoms with Crippen molar-refractivity contribution in [1.82, 2.24) is 0 Å². The molecule has 1 aromatic carbocycles. The highest BCUT2D eigenvalue weighted by Crippen LogP contribution is 2.35. The molecule has 0 bridgehead atoms. The van der Waals surface area contributed by atoms with Crippen molar-refractivity contribution in [2.45, 2.75) is 46.6 Å². The molecule has 0 aromatic heterocycles. The van der Waals surface area contributed by atoms with Gasteiger partial charge in [-0.05, 0) is 50.2 Å². The summed E-state index contributed by atoms with van der Waals surface area (Å²) in [6.45, 7) is 9.00. The van der Waals surface area contributed by atoms with Crippen LogP contribution in [0.4, 0.5) is 5.69 Å². The number of aryl methyl sites for hydroxylation is 2. The first kappa shape index (κ1) is 11.5. The van der Waals surface area contributed by atoms with Crippen molar-refractivity contribution in [3.05, 3.63) is 29.3 Å². The van der Waals surface area contributed by atoms with Crippen LogP contribution in [0.5, 0.6) is 0 Å². The first-order chi connectivity index (χ1) is 7.56. The molecule has 1 fully saturated rings. The van der Waals surface area contributed by atoms with Gasteiger partial charge in [0.25, 0.3) is 0 Å². The molecule has 1 aliphatic rings. The molecule has 1 saturated carbocycles. The Morgan fingerprint density at radius 2 is 1.88 bits per heavy atom. The molecule has 0 atom stereocenters. The normalized spacial score (nSPS) is 24.3. The van der Waals surface area contributed by atoms with Gasteiger partial charge in [-0.25, -0.2) is 0 Å². The Kier molecular flexibility index (Phi) is 3.22. The van der Waals surface area contributed by atoms with Crippen LogP contribution in [0, 0.1) is 25.7 Å². The molecule has 0 radical (unpaired) electrons. The van der Waals surface area contributed by atoms with Gasteiger partial charge >= 0.3 is 0 Å². The van der Waals surface area contributed by atoms with Gasteiger partial charge in [0.15, 0.2) is 0 Å². The number of anilines is 1. The summed E-state index contributed by atoms with van der Waals surface area (Å²) < 4.78 is 0. The maximum absolute atomic E-state index is 3.66. The standard InChI is InChI=1S/C15H23N/c1-10(2)13-8-14(9-13)16-15-6-5-11(3)7-12(15)4/h5-7,10,13-14,16H,8-9H2,1-4H3. The van der Waals surface area contributed by atoms with Crippen LogP contribution in [0.15, 0.2) is 18.2 Å². The van der Waals surface area contributed by atoms with E-state index in [4.69, 9.17) is 0 Å². The van der Waals surface area contributed by atoms with Crippen molar-refractivity contribution < 1.29 is 0 Å². The lowest BCUT2D eigenvalue weighted by molar-refractivity contribution is 0.212. The molecule has 0 unspecified atom stereocenters. The summed E-state index contributed by atoms with van der Waals surface area (Å²) >= 11 is 0. The minimum absolute atomic E-state index is 0.703. The largest absolute Gasteiger partial charge is 0.382 e. The van der Waals surface area contributed by atoms with Crippen molar-refractivity contribution in [1.29, 1.82) is 0 Å². The number of hydrogen-bond donors (Lipinski definition) is 1. The Labute approximate surface area is 99.3 Å². The Balaban J connectivity index is 1.91. The van der Waals surface area contributed by atoms with Crippen molar-refractivity contribution >= 4 is 5.69 Å². The summed E-state index contributed by atoms with van der Waals surface area (Å²) in [5, 5.41) is 3.66. The van der Waals surface area contributed by atoms with Gasteiger partial charge in [-0.1, -0.05) is 31.5 Å². The van der Waals surface area contributed by atoms with Crippen molar-refractivity contribution in [3.8, 4) is 0 Å². The molecule has 0 aliphatic heterocycles. The van der Waals surface area contributed by atoms with E-state index in [1.807, 2.05) is 0 Å². The average Bonchev–Trinajstić information content (AvgIpc) is 2.12. The van der Waals surface area contributed by atoms with Gasteiger partial charge in [0, 0.05) is 11.7 Å². The fourth-order valence-electron chi connectivity index (χ4n) is 2.52. The number of benzene rings is 1. The molecule has 16 heavy (non-hydrogen) atoms. The van der Waals surface area contributed by atoms with Crippen molar-refractivity contribution in [3.63, 3.8) is 0 Å². The van der Waals surface area contributed by atoms with E-state index in [0.717, 1.165) is 11.8 Å². The van der Waals surface area contributed by atoms with Gasteiger partial charge in [-0.15, -0.1) is 0 Å². The Morgan fingerprint density at radius 3 is 2.44 bits per heavy atom. The van der Waals surface area contributed by atoms with Crippen LogP contribution >= 0.6 is 0 Å². The molecule has 0 spiro atoms. The molecule has 0 heterocycles. The van der Waals surface area contributed by atoms with E-state index in [0.29, 0.717) is 6.04 Å². The maximum Gasteiger partial charge on any atom is 0.0372 e. The lowest BCUT2D eigenvalue weighted by Gasteiger charge is -2.39. The monoisotopic (exact) mass is 217 g/mol. The summed E-state index contributed by atoms with van der Waals surface area (Å²) in [7, 11) is 0. The number of nitrogens with one attached hydrogen (secondary N) is 1. The lowest BCUT2D eigenvalue weighted by Crippen LogP contribution is -2.38. The summed E-state index contributed by atoms with van der Waals surface area (Å²) in [5.41, 5.74) is 4.03. The second-order valence-corrected chi connectivity index (χ2v) is 5.64. The molecule has 1 heteroatoms. The summed E-state index contributed by atoms with van der Waals surface area (Å²) in [6, 6.07) is 7.36. The van der Waals surface area contributed by atoms with Gasteiger partial charge in [-0.2, -0.15) is 0 Å². The Bertz CT molecular complexity index is 362. The zero-order chi connectivity index (χ0) is 11.7. The molecule has 0 saturated heterocycles. The van der Waals surface area contributed by atoms with Crippen molar-refractivity contribution in [2.75, 3.05) is 5.32 Å². The highest BCUT2D eigenvalue weighted by atomic mass is 14.9. The van der Waals surface area contributed by atoms with Gasteiger partial charge < -0.3 is 5.32 Å². The quantitative estimate of drug-likeness (QED) is 0.802. The van der Waals surface area contributed by atoms with Gasteiger partial charge in [-0.3, -0.25) is 0 Å². The third-order valence-electron chi connectivity index (χ3n) is 3.86. The first-order valence-corrected chi connectivity index (χ1v) is 6.40. The fraction of sp³-hybridized carbons (Fsp3) is 0.600. The van der Waals surface area contributed by atoms with Gasteiger partial charge in [0.2, 0.25) is 0 Å². The molecular formula is C15H23N. The molecular weight excluding hydrogens is 194 g/mol. The minimum atomic E-state index is 0.703. The van der Waals surface area contributed by atoms with Crippen molar-refractivity contribution in [2.24, 2.45) is 11.8 Å². The molecule has 0 amide bonds. The highest BCUT2D eigenvalue weighted by molar-refractivity contribution is 5.52. The van der Waals surface area contributed by atoms with Crippen LogP contribution in [0.2, 0.25) is 0 Å². The molecule has 1 aliphatic carbocycles. The smallest absolute Gasteiger partial charge is 0.0372 e. The highest BCUT2D eigenvalue weighted by Gasteiger charge is 2.30. The minimum Gasteiger partial charge on any atom is -0.382 e. The average molecular weight is 217 g/mol. The topological polar surface area (TPSA) is 12.0 Å². The van der Waals surface area contributed by atoms with Gasteiger partial charge in [0.1, 0.15) is 0 Å². The van der Waals surface area contributed by atoms with E-state index in [1.54, 1.807) is 0 Å². The van der Waals surface area contributed by atoms with E-state index >= 15 is 0 Å². The lowest BCUT2D eigenvalue weighted by atomic mass is 9.73. The maximum atomic E-state index is 3.66.